The van der Waals surface area contributed by atoms with Gasteiger partial charge in [-0.25, -0.2) is 13.2 Å². The van der Waals surface area contributed by atoms with Crippen molar-refractivity contribution in [1.29, 1.82) is 0 Å². The van der Waals surface area contributed by atoms with Gasteiger partial charge < -0.3 is 4.74 Å². The zero-order valence-corrected chi connectivity index (χ0v) is 16.1. The molecule has 3 rings (SSSR count). The van der Waals surface area contributed by atoms with Gasteiger partial charge in [0.15, 0.2) is 0 Å². The van der Waals surface area contributed by atoms with Crippen LogP contribution in [0, 0.1) is 0 Å². The van der Waals surface area contributed by atoms with Gasteiger partial charge in [0.25, 0.3) is 10.0 Å². The lowest BCUT2D eigenvalue weighted by molar-refractivity contribution is 0.168. The van der Waals surface area contributed by atoms with Gasteiger partial charge in [0.2, 0.25) is 0 Å². The molecule has 0 aliphatic carbocycles. The molecule has 0 radical (unpaired) electrons. The Morgan fingerprint density at radius 2 is 1.46 bits per heavy atom. The Bertz CT molecular complexity index is 1050. The molecule has 0 saturated heterocycles. The fourth-order valence-corrected chi connectivity index (χ4v) is 3.96. The Kier molecular flexibility index (Phi) is 5.96. The zero-order valence-electron chi connectivity index (χ0n) is 15.3. The second-order valence-electron chi connectivity index (χ2n) is 5.89. The molecule has 3 aromatic carbocycles. The highest BCUT2D eigenvalue weighted by Crippen LogP contribution is 2.28. The summed E-state index contributed by atoms with van der Waals surface area (Å²) in [7, 11) is -3.80. The van der Waals surface area contributed by atoms with Crippen molar-refractivity contribution < 1.29 is 17.9 Å². The van der Waals surface area contributed by atoms with E-state index in [0.717, 1.165) is 5.56 Å². The minimum Gasteiger partial charge on any atom is -0.450 e. The molecule has 28 heavy (non-hydrogen) atoms. The van der Waals surface area contributed by atoms with E-state index in [0.29, 0.717) is 16.9 Å². The number of carbonyl (C=O) groups is 1. The van der Waals surface area contributed by atoms with Crippen LogP contribution >= 0.6 is 0 Å². The second kappa shape index (κ2) is 8.58. The van der Waals surface area contributed by atoms with E-state index in [-0.39, 0.29) is 11.5 Å². The molecule has 0 spiro atoms. The highest BCUT2D eigenvalue weighted by Gasteiger charge is 2.19. The molecule has 3 aromatic rings. The number of hydrogen-bond acceptors (Lipinski definition) is 4. The first-order valence-corrected chi connectivity index (χ1v) is 10.2. The fourth-order valence-electron chi connectivity index (χ4n) is 2.67. The van der Waals surface area contributed by atoms with Crippen LogP contribution in [0.5, 0.6) is 0 Å². The molecule has 0 aliphatic rings. The van der Waals surface area contributed by atoms with Crippen molar-refractivity contribution in [3.05, 3.63) is 78.9 Å². The number of anilines is 2. The highest BCUT2D eigenvalue weighted by molar-refractivity contribution is 7.92. The van der Waals surface area contributed by atoms with Gasteiger partial charge in [0.1, 0.15) is 0 Å². The van der Waals surface area contributed by atoms with Crippen LogP contribution in [0.25, 0.3) is 11.1 Å². The average molecular weight is 396 g/mol. The van der Waals surface area contributed by atoms with Gasteiger partial charge in [-0.1, -0.05) is 48.5 Å². The molecular formula is C21H20N2O4S. The van der Waals surface area contributed by atoms with Crippen LogP contribution in [0.15, 0.2) is 83.8 Å². The standard InChI is InChI=1S/C21H20N2O4S/c1-2-27-21(24)22-17-12-14-18(15-13-17)23-28(25,26)20-11-7-6-10-19(20)16-8-4-3-5-9-16/h3-15,23H,2H2,1H3,(H,22,24). The van der Waals surface area contributed by atoms with Crippen molar-refractivity contribution in [2.24, 2.45) is 0 Å². The largest absolute Gasteiger partial charge is 0.450 e. The van der Waals surface area contributed by atoms with Crippen molar-refractivity contribution in [1.82, 2.24) is 0 Å². The van der Waals surface area contributed by atoms with Crippen LogP contribution in [0.1, 0.15) is 6.92 Å². The molecule has 1 amide bonds. The van der Waals surface area contributed by atoms with Crippen LogP contribution < -0.4 is 10.0 Å². The molecule has 0 aliphatic heterocycles. The fraction of sp³-hybridized carbons (Fsp3) is 0.0952. The average Bonchev–Trinajstić information content (AvgIpc) is 2.70. The lowest BCUT2D eigenvalue weighted by Gasteiger charge is -2.13. The van der Waals surface area contributed by atoms with E-state index in [2.05, 4.69) is 10.0 Å². The third-order valence-electron chi connectivity index (χ3n) is 3.92. The highest BCUT2D eigenvalue weighted by atomic mass is 32.2. The van der Waals surface area contributed by atoms with Crippen molar-refractivity contribution in [3.63, 3.8) is 0 Å². The molecule has 7 heteroatoms. The Balaban J connectivity index is 1.83. The second-order valence-corrected chi connectivity index (χ2v) is 7.54. The SMILES string of the molecule is CCOC(=O)Nc1ccc(NS(=O)(=O)c2ccccc2-c2ccccc2)cc1. The normalized spacial score (nSPS) is 10.9. The summed E-state index contributed by atoms with van der Waals surface area (Å²) in [6.07, 6.45) is -0.562. The summed E-state index contributed by atoms with van der Waals surface area (Å²) in [6, 6.07) is 22.5. The van der Waals surface area contributed by atoms with Crippen LogP contribution in [-0.2, 0) is 14.8 Å². The molecule has 0 heterocycles. The first-order chi connectivity index (χ1) is 13.5. The summed E-state index contributed by atoms with van der Waals surface area (Å²) in [5.41, 5.74) is 2.33. The lowest BCUT2D eigenvalue weighted by atomic mass is 10.1. The lowest BCUT2D eigenvalue weighted by Crippen LogP contribution is -2.15. The first kappa shape index (κ1) is 19.4. The molecular weight excluding hydrogens is 376 g/mol. The predicted molar refractivity (Wildman–Crippen MR) is 110 cm³/mol. The molecule has 0 bridgehead atoms. The monoisotopic (exact) mass is 396 g/mol. The third kappa shape index (κ3) is 4.69. The number of nitrogens with one attached hydrogen (secondary N) is 2. The smallest absolute Gasteiger partial charge is 0.411 e. The molecule has 0 saturated carbocycles. The summed E-state index contributed by atoms with van der Waals surface area (Å²) >= 11 is 0. The van der Waals surface area contributed by atoms with Crippen LogP contribution in [-0.4, -0.2) is 21.1 Å². The van der Waals surface area contributed by atoms with E-state index in [1.54, 1.807) is 55.5 Å². The van der Waals surface area contributed by atoms with Crippen LogP contribution in [0.3, 0.4) is 0 Å². The Morgan fingerprint density at radius 1 is 0.857 bits per heavy atom. The van der Waals surface area contributed by atoms with Gasteiger partial charge >= 0.3 is 6.09 Å². The van der Waals surface area contributed by atoms with Crippen LogP contribution in [0.4, 0.5) is 16.2 Å². The number of ether oxygens (including phenoxy) is 1. The van der Waals surface area contributed by atoms with Crippen LogP contribution in [0.2, 0.25) is 0 Å². The minimum atomic E-state index is -3.80. The van der Waals surface area contributed by atoms with Crippen molar-refractivity contribution in [2.75, 3.05) is 16.6 Å². The van der Waals surface area contributed by atoms with Gasteiger partial charge in [-0.2, -0.15) is 0 Å². The van der Waals surface area contributed by atoms with E-state index >= 15 is 0 Å². The number of sulfonamides is 1. The molecule has 6 nitrogen and oxygen atoms in total. The minimum absolute atomic E-state index is 0.190. The van der Waals surface area contributed by atoms with E-state index in [1.165, 1.54) is 0 Å². The summed E-state index contributed by atoms with van der Waals surface area (Å²) in [5.74, 6) is 0. The topological polar surface area (TPSA) is 84.5 Å². The molecule has 0 aromatic heterocycles. The molecule has 144 valence electrons. The van der Waals surface area contributed by atoms with Gasteiger partial charge in [-0.15, -0.1) is 0 Å². The number of amides is 1. The maximum absolute atomic E-state index is 12.9. The summed E-state index contributed by atoms with van der Waals surface area (Å²) in [6.45, 7) is 1.98. The Labute approximate surface area is 164 Å². The molecule has 0 atom stereocenters. The van der Waals surface area contributed by atoms with Gasteiger partial charge in [-0.3, -0.25) is 10.0 Å². The van der Waals surface area contributed by atoms with E-state index in [4.69, 9.17) is 4.74 Å². The summed E-state index contributed by atoms with van der Waals surface area (Å²) in [5, 5.41) is 2.56. The van der Waals surface area contributed by atoms with E-state index in [9.17, 15) is 13.2 Å². The first-order valence-electron chi connectivity index (χ1n) is 8.71. The number of hydrogen-bond donors (Lipinski definition) is 2. The zero-order chi connectivity index (χ0) is 20.0. The van der Waals surface area contributed by atoms with Crippen molar-refractivity contribution in [2.45, 2.75) is 11.8 Å². The van der Waals surface area contributed by atoms with Gasteiger partial charge in [0, 0.05) is 16.9 Å². The predicted octanol–water partition coefficient (Wildman–Crippen LogP) is 4.72. The molecule has 2 N–H and O–H groups in total. The quantitative estimate of drug-likeness (QED) is 0.631. The molecule has 0 fully saturated rings. The Morgan fingerprint density at radius 3 is 2.14 bits per heavy atom. The maximum Gasteiger partial charge on any atom is 0.411 e. The number of rotatable bonds is 6. The summed E-state index contributed by atoms with van der Waals surface area (Å²) < 4.78 is 33.3. The van der Waals surface area contributed by atoms with E-state index in [1.807, 2.05) is 30.3 Å². The van der Waals surface area contributed by atoms with Gasteiger partial charge in [-0.05, 0) is 42.8 Å². The number of benzene rings is 3. The van der Waals surface area contributed by atoms with Crippen molar-refractivity contribution >= 4 is 27.5 Å². The number of carbonyl (C=O) groups excluding carboxylic acids is 1. The van der Waals surface area contributed by atoms with E-state index < -0.39 is 16.1 Å². The van der Waals surface area contributed by atoms with Crippen molar-refractivity contribution in [3.8, 4) is 11.1 Å². The third-order valence-corrected chi connectivity index (χ3v) is 5.36. The maximum atomic E-state index is 12.9. The summed E-state index contributed by atoms with van der Waals surface area (Å²) in [4.78, 5) is 11.6. The Hall–Kier alpha value is -3.32. The molecule has 0 unspecified atom stereocenters. The van der Waals surface area contributed by atoms with Gasteiger partial charge in [0.05, 0.1) is 11.5 Å².